The molecule has 0 aromatic heterocycles. The number of nitrogens with zero attached hydrogens (tertiary/aromatic N) is 1. The van der Waals surface area contributed by atoms with E-state index in [1.807, 2.05) is 18.2 Å². The van der Waals surface area contributed by atoms with Crippen LogP contribution < -0.4 is 10.1 Å². The summed E-state index contributed by atoms with van der Waals surface area (Å²) >= 11 is 0. The van der Waals surface area contributed by atoms with E-state index in [0.29, 0.717) is 5.56 Å². The van der Waals surface area contributed by atoms with Crippen molar-refractivity contribution in [3.05, 3.63) is 29.3 Å². The van der Waals surface area contributed by atoms with E-state index < -0.39 is 5.67 Å². The summed E-state index contributed by atoms with van der Waals surface area (Å²) in [6, 6.07) is 5.64. The van der Waals surface area contributed by atoms with Crippen molar-refractivity contribution in [1.29, 1.82) is 0 Å². The maximum atomic E-state index is 14.1. The molecule has 0 spiro atoms. The molecule has 1 aromatic carbocycles. The van der Waals surface area contributed by atoms with Crippen LogP contribution in [-0.4, -0.2) is 44.7 Å². The quantitative estimate of drug-likeness (QED) is 0.896. The Balaban J connectivity index is 2.07. The van der Waals surface area contributed by atoms with Gasteiger partial charge in [-0.1, -0.05) is 6.07 Å². The molecule has 3 nitrogen and oxygen atoms in total. The Morgan fingerprint density at radius 2 is 2.00 bits per heavy atom. The number of hydrogen-bond acceptors (Lipinski definition) is 3. The number of methoxy groups -OCH3 is 1. The Morgan fingerprint density at radius 1 is 1.30 bits per heavy atom. The number of rotatable bonds is 5. The molecule has 112 valence electrons. The standard InChI is InChI=1S/C16H25FN2O/c1-16(2,17)14-4-5-15(20-3)13(12-14)6-9-19-10-7-18-8-11-19/h4-5,12,18H,6-11H2,1-3H3. The van der Waals surface area contributed by atoms with Crippen molar-refractivity contribution in [1.82, 2.24) is 10.2 Å². The van der Waals surface area contributed by atoms with Crippen LogP contribution in [0.5, 0.6) is 5.75 Å². The molecule has 20 heavy (non-hydrogen) atoms. The molecule has 1 fully saturated rings. The van der Waals surface area contributed by atoms with Crippen LogP contribution in [0.1, 0.15) is 25.0 Å². The highest BCUT2D eigenvalue weighted by Crippen LogP contribution is 2.29. The lowest BCUT2D eigenvalue weighted by atomic mass is 9.96. The molecule has 0 aliphatic carbocycles. The van der Waals surface area contributed by atoms with Gasteiger partial charge in [-0.2, -0.15) is 0 Å². The minimum Gasteiger partial charge on any atom is -0.496 e. The maximum absolute atomic E-state index is 14.1. The van der Waals surface area contributed by atoms with Crippen molar-refractivity contribution in [2.24, 2.45) is 0 Å². The Hall–Kier alpha value is -1.13. The molecule has 1 saturated heterocycles. The van der Waals surface area contributed by atoms with Gasteiger partial charge in [-0.3, -0.25) is 0 Å². The third-order valence-corrected chi connectivity index (χ3v) is 3.87. The summed E-state index contributed by atoms with van der Waals surface area (Å²) in [5.74, 6) is 0.855. The molecule has 1 heterocycles. The van der Waals surface area contributed by atoms with E-state index in [1.165, 1.54) is 0 Å². The zero-order valence-electron chi connectivity index (χ0n) is 12.7. The smallest absolute Gasteiger partial charge is 0.130 e. The van der Waals surface area contributed by atoms with Crippen molar-refractivity contribution >= 4 is 0 Å². The third-order valence-electron chi connectivity index (χ3n) is 3.87. The molecule has 0 atom stereocenters. The lowest BCUT2D eigenvalue weighted by molar-refractivity contribution is 0.220. The second-order valence-corrected chi connectivity index (χ2v) is 5.84. The largest absolute Gasteiger partial charge is 0.496 e. The SMILES string of the molecule is COc1ccc(C(C)(C)F)cc1CCN1CCNCC1. The fourth-order valence-electron chi connectivity index (χ4n) is 2.56. The van der Waals surface area contributed by atoms with E-state index in [-0.39, 0.29) is 0 Å². The molecule has 1 aliphatic rings. The van der Waals surface area contributed by atoms with Gasteiger partial charge >= 0.3 is 0 Å². The number of hydrogen-bond donors (Lipinski definition) is 1. The second-order valence-electron chi connectivity index (χ2n) is 5.84. The summed E-state index contributed by atoms with van der Waals surface area (Å²) in [5.41, 5.74) is 0.499. The highest BCUT2D eigenvalue weighted by Gasteiger charge is 2.20. The first-order valence-corrected chi connectivity index (χ1v) is 7.30. The fourth-order valence-corrected chi connectivity index (χ4v) is 2.56. The van der Waals surface area contributed by atoms with Gasteiger partial charge in [0.15, 0.2) is 0 Å². The topological polar surface area (TPSA) is 24.5 Å². The summed E-state index contributed by atoms with van der Waals surface area (Å²) in [4.78, 5) is 2.43. The number of piperazine rings is 1. The fraction of sp³-hybridized carbons (Fsp3) is 0.625. The highest BCUT2D eigenvalue weighted by molar-refractivity contribution is 5.39. The lowest BCUT2D eigenvalue weighted by Crippen LogP contribution is -2.44. The van der Waals surface area contributed by atoms with Crippen molar-refractivity contribution in [3.63, 3.8) is 0 Å². The summed E-state index contributed by atoms with van der Waals surface area (Å²) in [5, 5.41) is 3.35. The van der Waals surface area contributed by atoms with Crippen LogP contribution in [0.2, 0.25) is 0 Å². The van der Waals surface area contributed by atoms with Gasteiger partial charge in [-0.05, 0) is 43.5 Å². The molecule has 1 aromatic rings. The van der Waals surface area contributed by atoms with E-state index in [0.717, 1.165) is 50.5 Å². The average molecular weight is 280 g/mol. The summed E-state index contributed by atoms with van der Waals surface area (Å²) in [7, 11) is 1.67. The number of alkyl halides is 1. The minimum atomic E-state index is -1.31. The van der Waals surface area contributed by atoms with Gasteiger partial charge in [0.25, 0.3) is 0 Å². The number of nitrogens with one attached hydrogen (secondary N) is 1. The van der Waals surface area contributed by atoms with Gasteiger partial charge in [-0.25, -0.2) is 4.39 Å². The van der Waals surface area contributed by atoms with Gasteiger partial charge in [0.1, 0.15) is 11.4 Å². The zero-order valence-corrected chi connectivity index (χ0v) is 12.7. The Bertz CT molecular complexity index is 437. The van der Waals surface area contributed by atoms with Gasteiger partial charge in [0, 0.05) is 32.7 Å². The highest BCUT2D eigenvalue weighted by atomic mass is 19.1. The van der Waals surface area contributed by atoms with Crippen molar-refractivity contribution in [3.8, 4) is 5.75 Å². The van der Waals surface area contributed by atoms with Crippen LogP contribution in [0.4, 0.5) is 4.39 Å². The molecular weight excluding hydrogens is 255 g/mol. The van der Waals surface area contributed by atoms with Crippen LogP contribution >= 0.6 is 0 Å². The van der Waals surface area contributed by atoms with Crippen LogP contribution in [0.3, 0.4) is 0 Å². The molecule has 0 saturated carbocycles. The molecule has 1 aliphatic heterocycles. The summed E-state index contributed by atoms with van der Waals surface area (Å²) in [6.45, 7) is 8.44. The lowest BCUT2D eigenvalue weighted by Gasteiger charge is -2.27. The molecule has 0 radical (unpaired) electrons. The third kappa shape index (κ3) is 3.93. The second kappa shape index (κ2) is 6.55. The predicted octanol–water partition coefficient (Wildman–Crippen LogP) is 2.35. The van der Waals surface area contributed by atoms with E-state index in [2.05, 4.69) is 10.2 Å². The monoisotopic (exact) mass is 280 g/mol. The molecule has 4 heteroatoms. The van der Waals surface area contributed by atoms with E-state index in [4.69, 9.17) is 4.74 Å². The first kappa shape index (κ1) is 15.3. The molecular formula is C16H25FN2O. The number of benzene rings is 1. The van der Waals surface area contributed by atoms with E-state index in [1.54, 1.807) is 21.0 Å². The molecule has 2 rings (SSSR count). The minimum absolute atomic E-state index is 0.716. The van der Waals surface area contributed by atoms with Gasteiger partial charge in [0.05, 0.1) is 7.11 Å². The normalized spacial score (nSPS) is 17.2. The molecule has 0 amide bonds. The van der Waals surface area contributed by atoms with Crippen molar-refractivity contribution in [2.75, 3.05) is 39.8 Å². The maximum Gasteiger partial charge on any atom is 0.130 e. The molecule has 1 N–H and O–H groups in total. The summed E-state index contributed by atoms with van der Waals surface area (Å²) < 4.78 is 19.5. The first-order chi connectivity index (χ1) is 9.50. The number of halogens is 1. The van der Waals surface area contributed by atoms with Crippen LogP contribution in [0.25, 0.3) is 0 Å². The first-order valence-electron chi connectivity index (χ1n) is 7.30. The van der Waals surface area contributed by atoms with Gasteiger partial charge in [0.2, 0.25) is 0 Å². The van der Waals surface area contributed by atoms with Crippen LogP contribution in [0.15, 0.2) is 18.2 Å². The van der Waals surface area contributed by atoms with E-state index >= 15 is 0 Å². The predicted molar refractivity (Wildman–Crippen MR) is 80.1 cm³/mol. The van der Waals surface area contributed by atoms with Crippen LogP contribution in [0, 0.1) is 0 Å². The molecule has 0 bridgehead atoms. The van der Waals surface area contributed by atoms with E-state index in [9.17, 15) is 4.39 Å². The van der Waals surface area contributed by atoms with Gasteiger partial charge in [-0.15, -0.1) is 0 Å². The number of ether oxygens (including phenoxy) is 1. The van der Waals surface area contributed by atoms with Gasteiger partial charge < -0.3 is 15.0 Å². The van der Waals surface area contributed by atoms with Crippen molar-refractivity contribution in [2.45, 2.75) is 25.9 Å². The Labute approximate surface area is 121 Å². The van der Waals surface area contributed by atoms with Crippen molar-refractivity contribution < 1.29 is 9.13 Å². The summed E-state index contributed by atoms with van der Waals surface area (Å²) in [6.07, 6.45) is 0.896. The average Bonchev–Trinajstić information content (AvgIpc) is 2.45. The Kier molecular flexibility index (Phi) is 5.00. The Morgan fingerprint density at radius 3 is 2.60 bits per heavy atom. The molecule has 0 unspecified atom stereocenters. The van der Waals surface area contributed by atoms with Crippen LogP contribution in [-0.2, 0) is 12.1 Å². The zero-order chi connectivity index (χ0) is 14.6.